The minimum atomic E-state index is -1.21. The van der Waals surface area contributed by atoms with Crippen LogP contribution in [-0.4, -0.2) is 28.5 Å². The third-order valence-electron chi connectivity index (χ3n) is 2.73. The molecular weight excluding hydrogens is 299 g/mol. The molecule has 0 fully saturated rings. The minimum Gasteiger partial charge on any atom is -0.496 e. The Morgan fingerprint density at radius 2 is 2.10 bits per heavy atom. The zero-order valence-electron chi connectivity index (χ0n) is 11.1. The summed E-state index contributed by atoms with van der Waals surface area (Å²) in [6.07, 6.45) is 0. The molecule has 0 aliphatic heterocycles. The molecule has 1 aromatic heterocycles. The molecule has 2 rings (SSSR count). The Balaban J connectivity index is 2.38. The molecule has 0 saturated carbocycles. The van der Waals surface area contributed by atoms with Crippen molar-refractivity contribution in [2.24, 2.45) is 0 Å². The molecule has 21 heavy (non-hydrogen) atoms. The molecule has 2 N–H and O–H groups in total. The van der Waals surface area contributed by atoms with E-state index in [1.54, 1.807) is 0 Å². The SMILES string of the molecule is COc1cccc(F)c1C(=O)Nc1snc(C)c1C(=O)O. The molecule has 0 atom stereocenters. The van der Waals surface area contributed by atoms with Crippen molar-refractivity contribution < 1.29 is 23.8 Å². The molecule has 0 aliphatic rings. The van der Waals surface area contributed by atoms with Gasteiger partial charge in [-0.15, -0.1) is 0 Å². The van der Waals surface area contributed by atoms with E-state index in [4.69, 9.17) is 9.84 Å². The van der Waals surface area contributed by atoms with Gasteiger partial charge in [-0.3, -0.25) is 4.79 Å². The summed E-state index contributed by atoms with van der Waals surface area (Å²) in [6, 6.07) is 3.96. The van der Waals surface area contributed by atoms with E-state index < -0.39 is 17.7 Å². The molecule has 0 radical (unpaired) electrons. The number of carbonyl (C=O) groups excluding carboxylic acids is 1. The van der Waals surface area contributed by atoms with E-state index in [-0.39, 0.29) is 27.6 Å². The first-order valence-electron chi connectivity index (χ1n) is 5.79. The second kappa shape index (κ2) is 5.88. The minimum absolute atomic E-state index is 0.0512. The quantitative estimate of drug-likeness (QED) is 0.906. The highest BCUT2D eigenvalue weighted by Gasteiger charge is 2.23. The van der Waals surface area contributed by atoms with Crippen LogP contribution >= 0.6 is 11.5 Å². The maximum absolute atomic E-state index is 13.8. The summed E-state index contributed by atoms with van der Waals surface area (Å²) in [5.41, 5.74) is -0.116. The average molecular weight is 310 g/mol. The van der Waals surface area contributed by atoms with Crippen molar-refractivity contribution in [3.63, 3.8) is 0 Å². The number of nitrogens with zero attached hydrogens (tertiary/aromatic N) is 1. The Kier molecular flexibility index (Phi) is 4.18. The van der Waals surface area contributed by atoms with Gasteiger partial charge in [-0.25, -0.2) is 9.18 Å². The second-order valence-corrected chi connectivity index (χ2v) is 4.82. The number of carboxylic acid groups (broad SMARTS) is 1. The Hall–Kier alpha value is -2.48. The van der Waals surface area contributed by atoms with Gasteiger partial charge in [0, 0.05) is 0 Å². The normalized spacial score (nSPS) is 10.2. The average Bonchev–Trinajstić information content (AvgIpc) is 2.79. The molecule has 6 nitrogen and oxygen atoms in total. The first-order valence-corrected chi connectivity index (χ1v) is 6.56. The zero-order valence-corrected chi connectivity index (χ0v) is 12.0. The number of anilines is 1. The van der Waals surface area contributed by atoms with Gasteiger partial charge in [0.05, 0.1) is 12.8 Å². The van der Waals surface area contributed by atoms with E-state index in [2.05, 4.69) is 9.69 Å². The molecule has 110 valence electrons. The summed E-state index contributed by atoms with van der Waals surface area (Å²) >= 11 is 0.821. The number of carbonyl (C=O) groups is 2. The molecule has 0 spiro atoms. The molecule has 0 unspecified atom stereocenters. The number of nitrogens with one attached hydrogen (secondary N) is 1. The Labute approximate surface area is 123 Å². The Morgan fingerprint density at radius 3 is 2.71 bits per heavy atom. The highest BCUT2D eigenvalue weighted by atomic mass is 32.1. The van der Waals surface area contributed by atoms with Gasteiger partial charge >= 0.3 is 5.97 Å². The van der Waals surface area contributed by atoms with E-state index >= 15 is 0 Å². The molecule has 2 aromatic rings. The monoisotopic (exact) mass is 310 g/mol. The fraction of sp³-hybridized carbons (Fsp3) is 0.154. The molecule has 0 bridgehead atoms. The summed E-state index contributed by atoms with van der Waals surface area (Å²) in [7, 11) is 1.31. The van der Waals surface area contributed by atoms with Crippen LogP contribution in [0.3, 0.4) is 0 Å². The number of hydrogen-bond donors (Lipinski definition) is 2. The van der Waals surface area contributed by atoms with Crippen LogP contribution < -0.4 is 10.1 Å². The van der Waals surface area contributed by atoms with Gasteiger partial charge in [0.1, 0.15) is 27.7 Å². The molecule has 0 saturated heterocycles. The second-order valence-electron chi connectivity index (χ2n) is 4.05. The first-order chi connectivity index (χ1) is 9.95. The number of aromatic nitrogens is 1. The zero-order chi connectivity index (χ0) is 15.6. The van der Waals surface area contributed by atoms with Crippen LogP contribution in [0, 0.1) is 12.7 Å². The van der Waals surface area contributed by atoms with Crippen LogP contribution in [0.25, 0.3) is 0 Å². The number of hydrogen-bond acceptors (Lipinski definition) is 5. The van der Waals surface area contributed by atoms with Gasteiger partial charge in [0.15, 0.2) is 0 Å². The van der Waals surface area contributed by atoms with Crippen molar-refractivity contribution in [3.8, 4) is 5.75 Å². The lowest BCUT2D eigenvalue weighted by atomic mass is 10.1. The summed E-state index contributed by atoms with van der Waals surface area (Å²) in [6.45, 7) is 1.51. The van der Waals surface area contributed by atoms with E-state index in [1.807, 2.05) is 0 Å². The van der Waals surface area contributed by atoms with Crippen molar-refractivity contribution in [2.45, 2.75) is 6.92 Å². The van der Waals surface area contributed by atoms with Crippen LogP contribution in [0.5, 0.6) is 5.75 Å². The highest BCUT2D eigenvalue weighted by molar-refractivity contribution is 7.11. The summed E-state index contributed by atoms with van der Waals surface area (Å²) in [5.74, 6) is -2.70. The van der Waals surface area contributed by atoms with E-state index in [9.17, 15) is 14.0 Å². The van der Waals surface area contributed by atoms with Crippen molar-refractivity contribution >= 4 is 28.4 Å². The first kappa shape index (κ1) is 14.9. The van der Waals surface area contributed by atoms with Gasteiger partial charge < -0.3 is 15.2 Å². The smallest absolute Gasteiger partial charge is 0.340 e. The summed E-state index contributed by atoms with van der Waals surface area (Å²) in [5, 5.41) is 11.5. The summed E-state index contributed by atoms with van der Waals surface area (Å²) < 4.78 is 22.6. The highest BCUT2D eigenvalue weighted by Crippen LogP contribution is 2.27. The Bertz CT molecular complexity index is 714. The number of methoxy groups -OCH3 is 1. The third-order valence-corrected chi connectivity index (χ3v) is 3.58. The predicted molar refractivity (Wildman–Crippen MR) is 74.7 cm³/mol. The van der Waals surface area contributed by atoms with Crippen LogP contribution in [0.2, 0.25) is 0 Å². The number of ether oxygens (including phenoxy) is 1. The number of amides is 1. The largest absolute Gasteiger partial charge is 0.496 e. The maximum Gasteiger partial charge on any atom is 0.340 e. The lowest BCUT2D eigenvalue weighted by Crippen LogP contribution is -2.16. The van der Waals surface area contributed by atoms with Crippen molar-refractivity contribution in [2.75, 3.05) is 12.4 Å². The number of carboxylic acids is 1. The number of aryl methyl sites for hydroxylation is 1. The van der Waals surface area contributed by atoms with Crippen molar-refractivity contribution in [1.29, 1.82) is 0 Å². The van der Waals surface area contributed by atoms with Crippen LogP contribution in [-0.2, 0) is 0 Å². The van der Waals surface area contributed by atoms with Gasteiger partial charge in [0.2, 0.25) is 0 Å². The van der Waals surface area contributed by atoms with Gasteiger partial charge in [0.25, 0.3) is 5.91 Å². The molecule has 1 heterocycles. The molecular formula is C13H11FN2O4S. The maximum atomic E-state index is 13.8. The summed E-state index contributed by atoms with van der Waals surface area (Å²) in [4.78, 5) is 23.3. The standard InChI is InChI=1S/C13H11FN2O4S/c1-6-9(13(18)19)12(21-16-6)15-11(17)10-7(14)4-3-5-8(10)20-2/h3-5H,1-2H3,(H,15,17)(H,18,19). The fourth-order valence-electron chi connectivity index (χ4n) is 1.77. The number of benzene rings is 1. The van der Waals surface area contributed by atoms with Gasteiger partial charge in [-0.05, 0) is 30.6 Å². The van der Waals surface area contributed by atoms with Crippen molar-refractivity contribution in [1.82, 2.24) is 4.37 Å². The van der Waals surface area contributed by atoms with Crippen LogP contribution in [0.15, 0.2) is 18.2 Å². The van der Waals surface area contributed by atoms with E-state index in [0.29, 0.717) is 0 Å². The molecule has 1 amide bonds. The molecule has 0 aliphatic carbocycles. The molecule has 8 heteroatoms. The fourth-order valence-corrected chi connectivity index (χ4v) is 2.55. The van der Waals surface area contributed by atoms with Crippen LogP contribution in [0.4, 0.5) is 9.39 Å². The lowest BCUT2D eigenvalue weighted by molar-refractivity contribution is 0.0697. The van der Waals surface area contributed by atoms with Gasteiger partial charge in [-0.1, -0.05) is 6.07 Å². The van der Waals surface area contributed by atoms with Crippen molar-refractivity contribution in [3.05, 3.63) is 40.8 Å². The number of halogens is 1. The van der Waals surface area contributed by atoms with E-state index in [0.717, 1.165) is 17.6 Å². The predicted octanol–water partition coefficient (Wildman–Crippen LogP) is 2.55. The lowest BCUT2D eigenvalue weighted by Gasteiger charge is -2.09. The number of aromatic carboxylic acids is 1. The number of rotatable bonds is 4. The van der Waals surface area contributed by atoms with E-state index in [1.165, 1.54) is 26.2 Å². The van der Waals surface area contributed by atoms with Gasteiger partial charge in [-0.2, -0.15) is 4.37 Å². The van der Waals surface area contributed by atoms with Crippen LogP contribution in [0.1, 0.15) is 26.4 Å². The third kappa shape index (κ3) is 2.84. The molecule has 1 aromatic carbocycles. The Morgan fingerprint density at radius 1 is 1.38 bits per heavy atom. The topological polar surface area (TPSA) is 88.5 Å².